The van der Waals surface area contributed by atoms with Gasteiger partial charge in [-0.05, 0) is 26.4 Å². The van der Waals surface area contributed by atoms with Crippen LogP contribution < -0.4 is 0 Å². The minimum atomic E-state index is 0.0300. The van der Waals surface area contributed by atoms with Gasteiger partial charge in [0.25, 0.3) is 0 Å². The standard InChI is InChI=1S/C10H20N2O2/c1-8-4-5-12(9(8)7-13)10(14)6-11(2)3/h8-9,13H,4-7H2,1-3H3. The third kappa shape index (κ3) is 2.45. The lowest BCUT2D eigenvalue weighted by Gasteiger charge is -2.26. The summed E-state index contributed by atoms with van der Waals surface area (Å²) in [5.74, 6) is 0.546. The lowest BCUT2D eigenvalue weighted by atomic mass is 10.0. The molecule has 0 bridgehead atoms. The van der Waals surface area contributed by atoms with Crippen LogP contribution in [0, 0.1) is 5.92 Å². The van der Waals surface area contributed by atoms with E-state index in [9.17, 15) is 9.90 Å². The summed E-state index contributed by atoms with van der Waals surface area (Å²) in [6, 6.07) is 0.0300. The highest BCUT2D eigenvalue weighted by Gasteiger charge is 2.33. The predicted octanol–water partition coefficient (Wildman–Crippen LogP) is -0.223. The molecule has 1 saturated heterocycles. The van der Waals surface area contributed by atoms with Gasteiger partial charge in [-0.25, -0.2) is 0 Å². The molecule has 0 aliphatic carbocycles. The first-order chi connectivity index (χ1) is 6.56. The molecular formula is C10H20N2O2. The first kappa shape index (κ1) is 11.5. The zero-order valence-electron chi connectivity index (χ0n) is 9.23. The van der Waals surface area contributed by atoms with Crippen molar-refractivity contribution < 1.29 is 9.90 Å². The second-order valence-corrected chi connectivity index (χ2v) is 4.34. The maximum atomic E-state index is 11.7. The highest BCUT2D eigenvalue weighted by molar-refractivity contribution is 5.78. The fraction of sp³-hybridized carbons (Fsp3) is 0.900. The molecule has 4 heteroatoms. The Morgan fingerprint density at radius 2 is 2.21 bits per heavy atom. The van der Waals surface area contributed by atoms with Gasteiger partial charge in [-0.15, -0.1) is 0 Å². The molecular weight excluding hydrogens is 180 g/mol. The quantitative estimate of drug-likeness (QED) is 0.685. The first-order valence-electron chi connectivity index (χ1n) is 5.11. The molecule has 1 rings (SSSR count). The van der Waals surface area contributed by atoms with E-state index in [0.717, 1.165) is 13.0 Å². The van der Waals surface area contributed by atoms with Crippen LogP contribution >= 0.6 is 0 Å². The van der Waals surface area contributed by atoms with Crippen molar-refractivity contribution in [3.63, 3.8) is 0 Å². The number of rotatable bonds is 3. The Morgan fingerprint density at radius 3 is 2.71 bits per heavy atom. The molecule has 0 spiro atoms. The summed E-state index contributed by atoms with van der Waals surface area (Å²) >= 11 is 0. The average molecular weight is 200 g/mol. The van der Waals surface area contributed by atoms with E-state index in [1.54, 1.807) is 0 Å². The van der Waals surface area contributed by atoms with Gasteiger partial charge in [0.2, 0.25) is 5.91 Å². The highest BCUT2D eigenvalue weighted by Crippen LogP contribution is 2.23. The Morgan fingerprint density at radius 1 is 1.57 bits per heavy atom. The van der Waals surface area contributed by atoms with Gasteiger partial charge in [-0.1, -0.05) is 6.92 Å². The molecule has 14 heavy (non-hydrogen) atoms. The Bertz CT molecular complexity index is 206. The molecule has 1 amide bonds. The van der Waals surface area contributed by atoms with Crippen molar-refractivity contribution in [2.24, 2.45) is 5.92 Å². The lowest BCUT2D eigenvalue weighted by Crippen LogP contribution is -2.43. The number of hydrogen-bond donors (Lipinski definition) is 1. The van der Waals surface area contributed by atoms with Crippen LogP contribution in [0.3, 0.4) is 0 Å². The largest absolute Gasteiger partial charge is 0.394 e. The number of nitrogens with zero attached hydrogens (tertiary/aromatic N) is 2. The van der Waals surface area contributed by atoms with Crippen molar-refractivity contribution in [2.45, 2.75) is 19.4 Å². The van der Waals surface area contributed by atoms with Crippen LogP contribution in [0.2, 0.25) is 0 Å². The summed E-state index contributed by atoms with van der Waals surface area (Å²) < 4.78 is 0. The third-order valence-corrected chi connectivity index (χ3v) is 2.84. The van der Waals surface area contributed by atoms with Crippen molar-refractivity contribution in [1.29, 1.82) is 0 Å². The molecule has 0 saturated carbocycles. The zero-order chi connectivity index (χ0) is 10.7. The summed E-state index contributed by atoms with van der Waals surface area (Å²) in [7, 11) is 3.76. The molecule has 82 valence electrons. The van der Waals surface area contributed by atoms with E-state index < -0.39 is 0 Å². The molecule has 0 aromatic rings. The van der Waals surface area contributed by atoms with E-state index in [0.29, 0.717) is 12.5 Å². The van der Waals surface area contributed by atoms with Gasteiger partial charge in [0.05, 0.1) is 19.2 Å². The summed E-state index contributed by atoms with van der Waals surface area (Å²) in [5.41, 5.74) is 0. The van der Waals surface area contributed by atoms with Gasteiger partial charge in [0.1, 0.15) is 0 Å². The van der Waals surface area contributed by atoms with Crippen molar-refractivity contribution in [1.82, 2.24) is 9.80 Å². The monoisotopic (exact) mass is 200 g/mol. The van der Waals surface area contributed by atoms with Crippen LogP contribution in [-0.4, -0.2) is 60.6 Å². The van der Waals surface area contributed by atoms with Gasteiger partial charge in [-0.2, -0.15) is 0 Å². The molecule has 1 aliphatic heterocycles. The Balaban J connectivity index is 2.55. The Labute approximate surface area is 85.5 Å². The fourth-order valence-electron chi connectivity index (χ4n) is 1.96. The number of likely N-dealkylation sites (N-methyl/N-ethyl adjacent to an activating group) is 1. The maximum absolute atomic E-state index is 11.7. The molecule has 1 heterocycles. The van der Waals surface area contributed by atoms with Crippen LogP contribution in [0.15, 0.2) is 0 Å². The highest BCUT2D eigenvalue weighted by atomic mass is 16.3. The van der Waals surface area contributed by atoms with Crippen molar-refractivity contribution in [2.75, 3.05) is 33.8 Å². The number of hydrogen-bond acceptors (Lipinski definition) is 3. The summed E-state index contributed by atoms with van der Waals surface area (Å²) in [5, 5.41) is 9.18. The molecule has 0 aromatic carbocycles. The van der Waals surface area contributed by atoms with Gasteiger partial charge < -0.3 is 14.9 Å². The molecule has 2 atom stereocenters. The molecule has 0 aromatic heterocycles. The van der Waals surface area contributed by atoms with Crippen LogP contribution in [0.5, 0.6) is 0 Å². The predicted molar refractivity (Wildman–Crippen MR) is 54.9 cm³/mol. The third-order valence-electron chi connectivity index (χ3n) is 2.84. The smallest absolute Gasteiger partial charge is 0.237 e. The molecule has 1 fully saturated rings. The number of carbonyl (C=O) groups is 1. The minimum Gasteiger partial charge on any atom is -0.394 e. The normalized spacial score (nSPS) is 27.4. The molecule has 1 N–H and O–H groups in total. The van der Waals surface area contributed by atoms with E-state index in [-0.39, 0.29) is 18.6 Å². The maximum Gasteiger partial charge on any atom is 0.237 e. The van der Waals surface area contributed by atoms with Gasteiger partial charge in [0.15, 0.2) is 0 Å². The van der Waals surface area contributed by atoms with Crippen molar-refractivity contribution >= 4 is 5.91 Å². The fourth-order valence-corrected chi connectivity index (χ4v) is 1.96. The lowest BCUT2D eigenvalue weighted by molar-refractivity contribution is -0.133. The topological polar surface area (TPSA) is 43.8 Å². The van der Waals surface area contributed by atoms with Gasteiger partial charge in [0, 0.05) is 6.54 Å². The van der Waals surface area contributed by atoms with Crippen LogP contribution in [-0.2, 0) is 4.79 Å². The van der Waals surface area contributed by atoms with Crippen LogP contribution in [0.1, 0.15) is 13.3 Å². The van der Waals surface area contributed by atoms with E-state index in [4.69, 9.17) is 0 Å². The number of likely N-dealkylation sites (tertiary alicyclic amines) is 1. The Hall–Kier alpha value is -0.610. The molecule has 4 nitrogen and oxygen atoms in total. The van der Waals surface area contributed by atoms with Crippen LogP contribution in [0.25, 0.3) is 0 Å². The van der Waals surface area contributed by atoms with Gasteiger partial charge in [-0.3, -0.25) is 4.79 Å². The number of amides is 1. The second kappa shape index (κ2) is 4.75. The SMILES string of the molecule is CC1CCN(C(=O)CN(C)C)C1CO. The number of aliphatic hydroxyl groups is 1. The van der Waals surface area contributed by atoms with E-state index in [2.05, 4.69) is 6.92 Å². The van der Waals surface area contributed by atoms with Crippen LogP contribution in [0.4, 0.5) is 0 Å². The summed E-state index contributed by atoms with van der Waals surface area (Å²) in [6.45, 7) is 3.40. The number of carbonyl (C=O) groups excluding carboxylic acids is 1. The first-order valence-corrected chi connectivity index (χ1v) is 5.11. The van der Waals surface area contributed by atoms with Crippen molar-refractivity contribution in [3.8, 4) is 0 Å². The summed E-state index contributed by atoms with van der Waals surface area (Å²) in [4.78, 5) is 15.4. The molecule has 0 radical (unpaired) electrons. The minimum absolute atomic E-state index is 0.0300. The summed E-state index contributed by atoms with van der Waals surface area (Å²) in [6.07, 6.45) is 1.00. The molecule has 2 unspecified atom stereocenters. The second-order valence-electron chi connectivity index (χ2n) is 4.34. The average Bonchev–Trinajstić information content (AvgIpc) is 2.45. The van der Waals surface area contributed by atoms with E-state index in [1.165, 1.54) is 0 Å². The van der Waals surface area contributed by atoms with E-state index in [1.807, 2.05) is 23.9 Å². The Kier molecular flexibility index (Phi) is 3.89. The van der Waals surface area contributed by atoms with Crippen molar-refractivity contribution in [3.05, 3.63) is 0 Å². The zero-order valence-corrected chi connectivity index (χ0v) is 9.23. The number of aliphatic hydroxyl groups excluding tert-OH is 1. The van der Waals surface area contributed by atoms with E-state index >= 15 is 0 Å². The van der Waals surface area contributed by atoms with Gasteiger partial charge >= 0.3 is 0 Å². The molecule has 1 aliphatic rings.